The largest absolute Gasteiger partial charge is 0.477 e. The molecule has 0 saturated carbocycles. The van der Waals surface area contributed by atoms with Gasteiger partial charge in [0.25, 0.3) is 10.5 Å². The molecule has 116 valence electrons. The van der Waals surface area contributed by atoms with Gasteiger partial charge in [-0.25, -0.2) is 0 Å². The maximum Gasteiger partial charge on any atom is 0.477 e. The average Bonchev–Trinajstić information content (AvgIpc) is 2.54. The highest BCUT2D eigenvalue weighted by atomic mass is 35.5. The first-order valence-corrected chi connectivity index (χ1v) is 7.25. The van der Waals surface area contributed by atoms with Gasteiger partial charge in [-0.15, -0.1) is 0 Å². The zero-order valence-corrected chi connectivity index (χ0v) is 13.2. The SMILES string of the molecule is O=C(Cl)c1cccc(B(O)OB(O)c2cccc(C(=O)Cl)c2)c1. The molecule has 0 bridgehead atoms. The van der Waals surface area contributed by atoms with Crippen LogP contribution in [0.3, 0.4) is 0 Å². The number of hydrogen-bond donors (Lipinski definition) is 2. The van der Waals surface area contributed by atoms with E-state index < -0.39 is 24.7 Å². The van der Waals surface area contributed by atoms with Crippen LogP contribution in [0.5, 0.6) is 0 Å². The molecule has 0 unspecified atom stereocenters. The van der Waals surface area contributed by atoms with Crippen LogP contribution in [0.15, 0.2) is 48.5 Å². The van der Waals surface area contributed by atoms with Crippen LogP contribution in [0.2, 0.25) is 0 Å². The average molecular weight is 351 g/mol. The summed E-state index contributed by atoms with van der Waals surface area (Å²) in [5.74, 6) is 0. The molecule has 0 heterocycles. The molecule has 0 radical (unpaired) electrons. The van der Waals surface area contributed by atoms with Gasteiger partial charge < -0.3 is 14.6 Å². The van der Waals surface area contributed by atoms with Crippen molar-refractivity contribution in [2.45, 2.75) is 0 Å². The highest BCUT2D eigenvalue weighted by Crippen LogP contribution is 2.04. The van der Waals surface area contributed by atoms with E-state index in [9.17, 15) is 19.6 Å². The first-order chi connectivity index (χ1) is 10.9. The monoisotopic (exact) mass is 350 g/mol. The number of hydrogen-bond acceptors (Lipinski definition) is 5. The van der Waals surface area contributed by atoms with E-state index >= 15 is 0 Å². The van der Waals surface area contributed by atoms with Crippen molar-refractivity contribution < 1.29 is 24.2 Å². The maximum absolute atomic E-state index is 11.1. The van der Waals surface area contributed by atoms with Gasteiger partial charge in [0.05, 0.1) is 0 Å². The van der Waals surface area contributed by atoms with E-state index in [-0.39, 0.29) is 22.1 Å². The van der Waals surface area contributed by atoms with Crippen LogP contribution < -0.4 is 10.9 Å². The normalized spacial score (nSPS) is 10.3. The summed E-state index contributed by atoms with van der Waals surface area (Å²) in [6.07, 6.45) is 0. The van der Waals surface area contributed by atoms with E-state index in [1.807, 2.05) is 0 Å². The Hall–Kier alpha value is -1.63. The first kappa shape index (κ1) is 17.7. The fourth-order valence-corrected chi connectivity index (χ4v) is 2.14. The van der Waals surface area contributed by atoms with E-state index in [1.165, 1.54) is 48.5 Å². The Kier molecular flexibility index (Phi) is 5.98. The summed E-state index contributed by atoms with van der Waals surface area (Å²) in [5, 5.41) is 18.7. The van der Waals surface area contributed by atoms with Gasteiger partial charge in [0, 0.05) is 11.1 Å². The third kappa shape index (κ3) is 4.67. The van der Waals surface area contributed by atoms with Crippen molar-refractivity contribution in [2.75, 3.05) is 0 Å². The predicted molar refractivity (Wildman–Crippen MR) is 89.5 cm³/mol. The molecule has 0 aliphatic heterocycles. The zero-order chi connectivity index (χ0) is 17.0. The Balaban J connectivity index is 2.14. The molecule has 0 spiro atoms. The molecule has 0 atom stereocenters. The highest BCUT2D eigenvalue weighted by molar-refractivity contribution is 6.74. The van der Waals surface area contributed by atoms with Crippen molar-refractivity contribution >= 4 is 58.8 Å². The quantitative estimate of drug-likeness (QED) is 0.587. The summed E-state index contributed by atoms with van der Waals surface area (Å²) in [5.41, 5.74) is 0.882. The molecule has 2 aromatic rings. The van der Waals surface area contributed by atoms with E-state index in [2.05, 4.69) is 0 Å². The third-order valence-electron chi connectivity index (χ3n) is 3.06. The Labute approximate surface area is 143 Å². The van der Waals surface area contributed by atoms with E-state index in [1.54, 1.807) is 0 Å². The molecule has 0 aromatic heterocycles. The number of benzene rings is 2. The summed E-state index contributed by atoms with van der Waals surface area (Å²) in [6.45, 7) is 0. The van der Waals surface area contributed by atoms with Gasteiger partial charge in [-0.2, -0.15) is 0 Å². The summed E-state index contributed by atoms with van der Waals surface area (Å²) < 4.78 is 5.09. The van der Waals surface area contributed by atoms with E-state index in [0.29, 0.717) is 0 Å². The van der Waals surface area contributed by atoms with Crippen molar-refractivity contribution in [1.29, 1.82) is 0 Å². The molecular weight excluding hydrogens is 341 g/mol. The van der Waals surface area contributed by atoms with Crippen molar-refractivity contribution in [1.82, 2.24) is 0 Å². The molecule has 23 heavy (non-hydrogen) atoms. The molecule has 2 rings (SSSR count). The summed E-state index contributed by atoms with van der Waals surface area (Å²) in [4.78, 5) is 22.2. The Morgan fingerprint density at radius 2 is 1.22 bits per heavy atom. The second kappa shape index (κ2) is 7.77. The number of carbonyl (C=O) groups excluding carboxylic acids is 2. The number of rotatable bonds is 6. The second-order valence-electron chi connectivity index (χ2n) is 4.64. The highest BCUT2D eigenvalue weighted by Gasteiger charge is 2.26. The van der Waals surface area contributed by atoms with Crippen LogP contribution in [0.1, 0.15) is 20.7 Å². The van der Waals surface area contributed by atoms with Gasteiger partial charge in [0.2, 0.25) is 0 Å². The van der Waals surface area contributed by atoms with Gasteiger partial charge in [0.1, 0.15) is 0 Å². The van der Waals surface area contributed by atoms with Crippen LogP contribution in [0.25, 0.3) is 0 Å². The van der Waals surface area contributed by atoms with Gasteiger partial charge >= 0.3 is 14.2 Å². The lowest BCUT2D eigenvalue weighted by Gasteiger charge is -2.13. The minimum Gasteiger partial charge on any atom is -0.443 e. The number of halogens is 2. The Bertz CT molecular complexity index is 679. The summed E-state index contributed by atoms with van der Waals surface area (Å²) >= 11 is 10.7. The molecule has 0 fully saturated rings. The first-order valence-electron chi connectivity index (χ1n) is 6.49. The van der Waals surface area contributed by atoms with Gasteiger partial charge in [-0.3, -0.25) is 9.59 Å². The van der Waals surface area contributed by atoms with E-state index in [4.69, 9.17) is 27.8 Å². The molecule has 2 N–H and O–H groups in total. The van der Waals surface area contributed by atoms with Crippen LogP contribution in [-0.4, -0.2) is 34.8 Å². The molecular formula is C14H10B2Cl2O5. The molecule has 0 saturated heterocycles. The van der Waals surface area contributed by atoms with E-state index in [0.717, 1.165) is 0 Å². The molecule has 9 heteroatoms. The fraction of sp³-hybridized carbons (Fsp3) is 0. The van der Waals surface area contributed by atoms with Gasteiger partial charge in [0.15, 0.2) is 0 Å². The van der Waals surface area contributed by atoms with Crippen LogP contribution in [0.4, 0.5) is 0 Å². The van der Waals surface area contributed by atoms with Crippen molar-refractivity contribution in [2.24, 2.45) is 0 Å². The smallest absolute Gasteiger partial charge is 0.443 e. The molecule has 0 amide bonds. The maximum atomic E-state index is 11.1. The second-order valence-corrected chi connectivity index (χ2v) is 5.33. The minimum atomic E-state index is -1.49. The van der Waals surface area contributed by atoms with Gasteiger partial charge in [-0.1, -0.05) is 48.5 Å². The van der Waals surface area contributed by atoms with Crippen molar-refractivity contribution in [3.63, 3.8) is 0 Å². The topological polar surface area (TPSA) is 83.8 Å². The molecule has 0 aliphatic carbocycles. The van der Waals surface area contributed by atoms with Crippen molar-refractivity contribution in [3.05, 3.63) is 59.7 Å². The lowest BCUT2D eigenvalue weighted by Crippen LogP contribution is -2.45. The minimum absolute atomic E-state index is 0.191. The molecule has 2 aromatic carbocycles. The zero-order valence-electron chi connectivity index (χ0n) is 11.6. The van der Waals surface area contributed by atoms with Crippen LogP contribution in [-0.2, 0) is 4.57 Å². The Morgan fingerprint density at radius 1 is 0.826 bits per heavy atom. The lowest BCUT2D eigenvalue weighted by molar-refractivity contribution is 0.107. The van der Waals surface area contributed by atoms with Crippen LogP contribution >= 0.6 is 23.2 Å². The predicted octanol–water partition coefficient (Wildman–Crippen LogP) is 0.536. The fourth-order valence-electron chi connectivity index (χ4n) is 1.91. The lowest BCUT2D eigenvalue weighted by atomic mass is 9.71. The summed E-state index contributed by atoms with van der Waals surface area (Å²) in [6, 6.07) is 11.7. The van der Waals surface area contributed by atoms with Crippen molar-refractivity contribution in [3.8, 4) is 0 Å². The standard InChI is InChI=1S/C14H10B2Cl2O5/c17-13(19)9-3-1-5-11(7-9)15(21)23-16(22)12-6-2-4-10(8-12)14(18)20/h1-8,21-22H. The molecule has 0 aliphatic rings. The Morgan fingerprint density at radius 3 is 1.57 bits per heavy atom. The summed E-state index contributed by atoms with van der Waals surface area (Å²) in [7, 11) is -2.98. The third-order valence-corrected chi connectivity index (χ3v) is 3.49. The number of carbonyl (C=O) groups is 2. The molecule has 5 nitrogen and oxygen atoms in total. The van der Waals surface area contributed by atoms with Crippen LogP contribution in [0, 0.1) is 0 Å². The van der Waals surface area contributed by atoms with Gasteiger partial charge in [-0.05, 0) is 34.1 Å².